The predicted molar refractivity (Wildman–Crippen MR) is 437 cm³/mol. The van der Waals surface area contributed by atoms with Crippen molar-refractivity contribution in [2.75, 3.05) is 112 Å². The maximum atomic E-state index is 6.83. The highest BCUT2D eigenvalue weighted by atomic mass is 16.8. The van der Waals surface area contributed by atoms with Gasteiger partial charge in [-0.3, -0.25) is 0 Å². The van der Waals surface area contributed by atoms with E-state index in [1.807, 2.05) is 18.6 Å². The summed E-state index contributed by atoms with van der Waals surface area (Å²) in [5.41, 5.74) is 1.95. The van der Waals surface area contributed by atoms with Crippen LogP contribution in [-0.2, 0) is 139 Å². The largest absolute Gasteiger partial charge is 0.377 e. The molecule has 0 aromatic carbocycles. The molecule has 30 heteroatoms. The van der Waals surface area contributed by atoms with Gasteiger partial charge in [-0.2, -0.15) is 0 Å². The molecule has 6 aliphatic rings. The second-order valence-electron chi connectivity index (χ2n) is 34.6. The van der Waals surface area contributed by atoms with Crippen LogP contribution in [0.25, 0.3) is 0 Å². The van der Waals surface area contributed by atoms with Crippen LogP contribution in [0.4, 0.5) is 0 Å². The van der Waals surface area contributed by atoms with E-state index in [0.29, 0.717) is 189 Å². The third-order valence-electron chi connectivity index (χ3n) is 27.1. The first-order chi connectivity index (χ1) is 56.5. The van der Waals surface area contributed by atoms with Gasteiger partial charge in [-0.05, 0) is 110 Å². The first-order valence-corrected chi connectivity index (χ1v) is 45.1. The Kier molecular flexibility index (Phi) is 42.0. The molecule has 0 aliphatic carbocycles. The summed E-state index contributed by atoms with van der Waals surface area (Å²) in [6.07, 6.45) is 8.02. The standard InChI is InChI=1S/C87H155N9O21/c1-22-73-57(10)54(7)66(19)82(109-73)115-79-63(16)60(13)76(25-4)112-85(79)105-43-40-100-37-34-97-31-28-94-46-69(88-91-94)49-103-52-72(108-51-71-48-96(93-90-71)30-33-99-36-39-102-42-45-107-87-81(65(18)62(15)78(27-6)114-87)117-84-68(21)56(9)59(12)75(24-3)111-84)53-104-50-70-47-95(92-89-70)29-32-98-35-38-101-41-44-106-86-80(64(17)61(14)77(26-5)113-86)116-83-67(20)55(8)58(11)74(23-2)110-83/h46-48,54-68,72-87H,22-45,49-53H2,1-21H3/t54-,55-,56-,57-,58-,59-,60-,61-,62-,63-,64-,65-,66?,67?,68?,72?,73?,74?,75?,76?,77?,78?,79?,80?,81?,82-,83-,84-,85-,86-,87-/m0/s1. The van der Waals surface area contributed by atoms with Crippen molar-refractivity contribution in [1.82, 2.24) is 45.0 Å². The van der Waals surface area contributed by atoms with Crippen LogP contribution in [0.2, 0.25) is 0 Å². The molecule has 3 aromatic rings. The highest BCUT2D eigenvalue weighted by Crippen LogP contribution is 2.45. The second kappa shape index (κ2) is 50.5. The minimum Gasteiger partial charge on any atom is -0.377 e. The molecular formula is C87H155N9O21. The van der Waals surface area contributed by atoms with Gasteiger partial charge in [0.25, 0.3) is 0 Å². The van der Waals surface area contributed by atoms with Crippen molar-refractivity contribution in [2.24, 2.45) is 88.8 Å². The van der Waals surface area contributed by atoms with Crippen LogP contribution in [0, 0.1) is 88.8 Å². The first-order valence-electron chi connectivity index (χ1n) is 45.1. The molecule has 0 amide bonds. The van der Waals surface area contributed by atoms with Gasteiger partial charge >= 0.3 is 0 Å². The van der Waals surface area contributed by atoms with Crippen molar-refractivity contribution in [2.45, 2.75) is 322 Å². The van der Waals surface area contributed by atoms with Crippen molar-refractivity contribution < 1.29 is 99.5 Å². The average Bonchev–Trinajstić information content (AvgIpc) is 0.996. The van der Waals surface area contributed by atoms with Gasteiger partial charge < -0.3 is 99.5 Å². The van der Waals surface area contributed by atoms with E-state index in [1.54, 1.807) is 14.0 Å². The highest BCUT2D eigenvalue weighted by molar-refractivity contribution is 4.95. The van der Waals surface area contributed by atoms with E-state index in [2.05, 4.69) is 176 Å². The quantitative estimate of drug-likeness (QED) is 0.0474. The van der Waals surface area contributed by atoms with Crippen LogP contribution in [0.1, 0.15) is 201 Å². The Morgan fingerprint density at radius 3 is 0.786 bits per heavy atom. The van der Waals surface area contributed by atoms with Gasteiger partial charge in [-0.15, -0.1) is 15.3 Å². The van der Waals surface area contributed by atoms with E-state index in [4.69, 9.17) is 99.5 Å². The summed E-state index contributed by atoms with van der Waals surface area (Å²) in [6, 6.07) is 0. The zero-order valence-corrected chi connectivity index (χ0v) is 75.2. The zero-order chi connectivity index (χ0) is 84.1. The van der Waals surface area contributed by atoms with E-state index in [0.717, 1.165) is 38.5 Å². The minimum atomic E-state index is -0.520. The molecule has 6 aliphatic heterocycles. The van der Waals surface area contributed by atoms with Gasteiger partial charge in [0.1, 0.15) is 41.5 Å². The molecule has 9 rings (SSSR count). The van der Waals surface area contributed by atoms with Crippen molar-refractivity contribution in [3.8, 4) is 0 Å². The summed E-state index contributed by atoms with van der Waals surface area (Å²) in [6.45, 7) is 55.4. The number of hydrogen-bond acceptors (Lipinski definition) is 27. The third-order valence-corrected chi connectivity index (χ3v) is 27.1. The smallest absolute Gasteiger partial charge is 0.184 e. The Morgan fingerprint density at radius 2 is 0.513 bits per heavy atom. The number of nitrogens with zero attached hydrogens (tertiary/aromatic N) is 9. The molecule has 30 nitrogen and oxygen atoms in total. The molecule has 12 unspecified atom stereocenters. The monoisotopic (exact) mass is 1660 g/mol. The van der Waals surface area contributed by atoms with E-state index in [1.165, 1.54) is 0 Å². The number of aromatic nitrogens is 9. The minimum absolute atomic E-state index is 0.0781. The molecule has 0 N–H and O–H groups in total. The predicted octanol–water partition coefficient (Wildman–Crippen LogP) is 12.4. The Hall–Kier alpha value is -3.42. The molecule has 6 saturated heterocycles. The molecule has 0 spiro atoms. The molecule has 0 saturated carbocycles. The molecule has 3 aromatic heterocycles. The van der Waals surface area contributed by atoms with E-state index in [-0.39, 0.29) is 142 Å². The molecule has 674 valence electrons. The third kappa shape index (κ3) is 28.3. The lowest BCUT2D eigenvalue weighted by Gasteiger charge is -2.49. The van der Waals surface area contributed by atoms with Crippen molar-refractivity contribution >= 4 is 0 Å². The summed E-state index contributed by atoms with van der Waals surface area (Å²) < 4.78 is 139. The van der Waals surface area contributed by atoms with Gasteiger partial charge in [0, 0.05) is 17.8 Å². The molecule has 9 heterocycles. The lowest BCUT2D eigenvalue weighted by Crippen LogP contribution is -2.55. The maximum Gasteiger partial charge on any atom is 0.184 e. The van der Waals surface area contributed by atoms with E-state index >= 15 is 0 Å². The van der Waals surface area contributed by atoms with Crippen molar-refractivity contribution in [3.05, 3.63) is 35.7 Å². The fourth-order valence-electron chi connectivity index (χ4n) is 17.5. The van der Waals surface area contributed by atoms with Crippen molar-refractivity contribution in [1.29, 1.82) is 0 Å². The summed E-state index contributed by atoms with van der Waals surface area (Å²) in [5, 5.41) is 26.1. The number of hydrogen-bond donors (Lipinski definition) is 0. The van der Waals surface area contributed by atoms with Crippen molar-refractivity contribution in [3.63, 3.8) is 0 Å². The molecule has 6 fully saturated rings. The molecule has 117 heavy (non-hydrogen) atoms. The van der Waals surface area contributed by atoms with Gasteiger partial charge in [-0.25, -0.2) is 14.0 Å². The fraction of sp³-hybridized carbons (Fsp3) is 0.931. The summed E-state index contributed by atoms with van der Waals surface area (Å²) in [7, 11) is 0. The highest BCUT2D eigenvalue weighted by Gasteiger charge is 2.51. The van der Waals surface area contributed by atoms with Crippen LogP contribution in [0.5, 0.6) is 0 Å². The first kappa shape index (κ1) is 97.4. The zero-order valence-electron chi connectivity index (χ0n) is 75.2. The second-order valence-corrected chi connectivity index (χ2v) is 34.6. The van der Waals surface area contributed by atoms with Crippen LogP contribution in [0.3, 0.4) is 0 Å². The van der Waals surface area contributed by atoms with Gasteiger partial charge in [0.2, 0.25) is 0 Å². The Labute approximate surface area is 700 Å². The van der Waals surface area contributed by atoms with Crippen LogP contribution < -0.4 is 0 Å². The van der Waals surface area contributed by atoms with E-state index < -0.39 is 25.0 Å². The molecular weight excluding hydrogens is 1510 g/mol. The van der Waals surface area contributed by atoms with E-state index in [9.17, 15) is 0 Å². The normalized spacial score (nSPS) is 36.0. The summed E-state index contributed by atoms with van der Waals surface area (Å²) >= 11 is 0. The van der Waals surface area contributed by atoms with Crippen LogP contribution >= 0.6 is 0 Å². The van der Waals surface area contributed by atoms with Gasteiger partial charge in [0.15, 0.2) is 37.7 Å². The summed E-state index contributed by atoms with van der Waals surface area (Å²) in [4.78, 5) is 0. The molecule has 30 atom stereocenters. The molecule has 0 bridgehead atoms. The Morgan fingerprint density at radius 1 is 0.274 bits per heavy atom. The average molecular weight is 1660 g/mol. The van der Waals surface area contributed by atoms with Crippen LogP contribution in [0.15, 0.2) is 18.6 Å². The Balaban J connectivity index is 0.676. The maximum absolute atomic E-state index is 6.83. The van der Waals surface area contributed by atoms with Crippen LogP contribution in [-0.4, -0.2) is 256 Å². The number of ether oxygens (including phenoxy) is 21. The number of rotatable bonds is 53. The summed E-state index contributed by atoms with van der Waals surface area (Å²) in [5.74, 6) is 5.16. The van der Waals surface area contributed by atoms with Gasteiger partial charge in [0.05, 0.1) is 207 Å². The van der Waals surface area contributed by atoms with Gasteiger partial charge in [-0.1, -0.05) is 161 Å². The SMILES string of the molecule is CCC1O[C@@H](OC2[C@@H](OCCOCCOCCn3cc(COCC(COCc4cn(CCOCCOCCO[C@H]5OC(CC)[C@@H](C)[C@H](C)C5O[C@@H]5OC(CC)[C@@H](C)[C@H](C)C5C)nn4)OCc4cn(CCOCCOCCO[C@H]5OC(CC)[C@@H](C)[C@H](C)C5O[C@@H]5OC(CC)[C@@H](C)[C@H](C)C5C)nn4)nn3)OC(CC)[C@@H](C)[C@@H]2C)C(C)[C@@H](C)[C@@H]1C. The lowest BCUT2D eigenvalue weighted by atomic mass is 9.78. The Bertz CT molecular complexity index is 3000. The molecule has 0 radical (unpaired) electrons. The fourth-order valence-corrected chi connectivity index (χ4v) is 17.5. The lowest BCUT2D eigenvalue weighted by molar-refractivity contribution is -0.338. The topological polar surface area (TPSA) is 286 Å².